The minimum absolute atomic E-state index is 0.243. The summed E-state index contributed by atoms with van der Waals surface area (Å²) >= 11 is 0. The summed E-state index contributed by atoms with van der Waals surface area (Å²) in [4.78, 5) is 17.1. The predicted octanol–water partition coefficient (Wildman–Crippen LogP) is 3.69. The molecule has 1 heterocycles. The van der Waals surface area contributed by atoms with Crippen molar-refractivity contribution in [2.24, 2.45) is 11.8 Å². The van der Waals surface area contributed by atoms with E-state index in [1.165, 1.54) is 12.1 Å². The van der Waals surface area contributed by atoms with Crippen LogP contribution in [0.5, 0.6) is 0 Å². The maximum absolute atomic E-state index is 12.5. The summed E-state index contributed by atoms with van der Waals surface area (Å²) < 4.78 is 0. The number of carbonyl (C=O) groups excluding carboxylic acids is 1. The second-order valence-electron chi connectivity index (χ2n) is 6.78. The number of hydrogen-bond acceptors (Lipinski definition) is 3. The Bertz CT molecular complexity index is 469. The van der Waals surface area contributed by atoms with Crippen molar-refractivity contribution in [1.29, 1.82) is 0 Å². The van der Waals surface area contributed by atoms with Gasteiger partial charge in [0.1, 0.15) is 0 Å². The summed E-state index contributed by atoms with van der Waals surface area (Å²) in [6, 6.07) is 8.10. The van der Waals surface area contributed by atoms with Crippen molar-refractivity contribution in [2.75, 3.05) is 37.6 Å². The van der Waals surface area contributed by atoms with E-state index in [-0.39, 0.29) is 5.78 Å². The average Bonchev–Trinajstić information content (AvgIpc) is 2.48. The first-order chi connectivity index (χ1) is 10.5. The number of ketones is 1. The van der Waals surface area contributed by atoms with Crippen LogP contribution in [0.1, 0.15) is 44.5 Å². The lowest BCUT2D eigenvalue weighted by molar-refractivity contribution is 0.0849. The molecule has 3 nitrogen and oxygen atoms in total. The number of carbonyl (C=O) groups is 1. The second-order valence-corrected chi connectivity index (χ2v) is 6.78. The fourth-order valence-electron chi connectivity index (χ4n) is 3.66. The largest absolute Gasteiger partial charge is 0.372 e. The molecule has 0 spiro atoms. The van der Waals surface area contributed by atoms with E-state index in [0.717, 1.165) is 31.7 Å². The highest BCUT2D eigenvalue weighted by Crippen LogP contribution is 2.21. The fraction of sp³-hybridized carbons (Fsp3) is 0.632. The van der Waals surface area contributed by atoms with Crippen LogP contribution >= 0.6 is 0 Å². The Morgan fingerprint density at radius 1 is 1.09 bits per heavy atom. The van der Waals surface area contributed by atoms with Gasteiger partial charge in [-0.1, -0.05) is 13.8 Å². The van der Waals surface area contributed by atoms with E-state index in [1.807, 2.05) is 12.1 Å². The Morgan fingerprint density at radius 2 is 1.64 bits per heavy atom. The second kappa shape index (κ2) is 7.77. The van der Waals surface area contributed by atoms with Gasteiger partial charge in [-0.25, -0.2) is 0 Å². The highest BCUT2D eigenvalue weighted by Gasteiger charge is 2.23. The molecule has 1 aliphatic rings. The quantitative estimate of drug-likeness (QED) is 0.749. The first-order valence-electron chi connectivity index (χ1n) is 8.64. The molecule has 22 heavy (non-hydrogen) atoms. The molecule has 1 aliphatic heterocycles. The number of rotatable bonds is 6. The number of nitrogens with zero attached hydrogens (tertiary/aromatic N) is 2. The maximum atomic E-state index is 12.5. The van der Waals surface area contributed by atoms with Gasteiger partial charge in [0, 0.05) is 37.4 Å². The van der Waals surface area contributed by atoms with Crippen LogP contribution in [0.3, 0.4) is 0 Å². The number of benzene rings is 1. The summed E-state index contributed by atoms with van der Waals surface area (Å²) in [7, 11) is 0. The third-order valence-electron chi connectivity index (χ3n) is 4.63. The van der Waals surface area contributed by atoms with Gasteiger partial charge in [0.25, 0.3) is 0 Å². The van der Waals surface area contributed by atoms with Crippen molar-refractivity contribution in [1.82, 2.24) is 4.90 Å². The van der Waals surface area contributed by atoms with Gasteiger partial charge in [-0.05, 0) is 56.4 Å². The molecule has 2 unspecified atom stereocenters. The Labute approximate surface area is 135 Å². The summed E-state index contributed by atoms with van der Waals surface area (Å²) in [6.07, 6.45) is 1.28. The predicted molar refractivity (Wildman–Crippen MR) is 93.7 cm³/mol. The van der Waals surface area contributed by atoms with Gasteiger partial charge in [0.15, 0.2) is 5.78 Å². The van der Waals surface area contributed by atoms with Crippen LogP contribution in [0.4, 0.5) is 5.69 Å². The van der Waals surface area contributed by atoms with Crippen molar-refractivity contribution < 1.29 is 4.79 Å². The van der Waals surface area contributed by atoms with Crippen LogP contribution < -0.4 is 4.90 Å². The summed E-state index contributed by atoms with van der Waals surface area (Å²) in [6.45, 7) is 13.5. The van der Waals surface area contributed by atoms with Crippen LogP contribution in [-0.4, -0.2) is 43.4 Å². The number of anilines is 1. The van der Waals surface area contributed by atoms with E-state index in [2.05, 4.69) is 49.6 Å². The van der Waals surface area contributed by atoms with Crippen molar-refractivity contribution in [3.63, 3.8) is 0 Å². The molecule has 0 amide bonds. The standard InChI is InChI=1S/C19H30N2O/c1-5-21(6-2)18-9-7-17(8-10-18)19(22)14-20-12-15(3)11-16(4)13-20/h7-10,15-16H,5-6,11-14H2,1-4H3. The summed E-state index contributed by atoms with van der Waals surface area (Å²) in [5.74, 6) is 1.63. The highest BCUT2D eigenvalue weighted by molar-refractivity contribution is 5.97. The van der Waals surface area contributed by atoms with Crippen LogP contribution in [0.2, 0.25) is 0 Å². The maximum Gasteiger partial charge on any atom is 0.176 e. The SMILES string of the molecule is CCN(CC)c1ccc(C(=O)CN2CC(C)CC(C)C2)cc1. The monoisotopic (exact) mass is 302 g/mol. The van der Waals surface area contributed by atoms with E-state index < -0.39 is 0 Å². The van der Waals surface area contributed by atoms with Gasteiger partial charge in [-0.3, -0.25) is 9.69 Å². The average molecular weight is 302 g/mol. The molecular weight excluding hydrogens is 272 g/mol. The van der Waals surface area contributed by atoms with E-state index in [1.54, 1.807) is 0 Å². The Hall–Kier alpha value is -1.35. The third kappa shape index (κ3) is 4.33. The number of hydrogen-bond donors (Lipinski definition) is 0. The molecule has 1 aromatic rings. The van der Waals surface area contributed by atoms with Gasteiger partial charge < -0.3 is 4.90 Å². The molecule has 0 saturated carbocycles. The molecule has 2 atom stereocenters. The van der Waals surface area contributed by atoms with Crippen LogP contribution in [0.25, 0.3) is 0 Å². The van der Waals surface area contributed by atoms with Crippen LogP contribution in [0, 0.1) is 11.8 Å². The van der Waals surface area contributed by atoms with Crippen molar-refractivity contribution in [3.05, 3.63) is 29.8 Å². The van der Waals surface area contributed by atoms with E-state index in [4.69, 9.17) is 0 Å². The van der Waals surface area contributed by atoms with Crippen LogP contribution in [0.15, 0.2) is 24.3 Å². The lowest BCUT2D eigenvalue weighted by Crippen LogP contribution is -2.41. The number of likely N-dealkylation sites (tertiary alicyclic amines) is 1. The zero-order valence-corrected chi connectivity index (χ0v) is 14.5. The zero-order chi connectivity index (χ0) is 16.1. The summed E-state index contributed by atoms with van der Waals surface area (Å²) in [5, 5.41) is 0. The molecular formula is C19H30N2O. The Morgan fingerprint density at radius 3 is 2.14 bits per heavy atom. The minimum atomic E-state index is 0.243. The molecule has 1 saturated heterocycles. The van der Waals surface area contributed by atoms with Gasteiger partial charge in [-0.2, -0.15) is 0 Å². The van der Waals surface area contributed by atoms with Crippen molar-refractivity contribution in [2.45, 2.75) is 34.1 Å². The topological polar surface area (TPSA) is 23.6 Å². The molecule has 1 fully saturated rings. The van der Waals surface area contributed by atoms with Crippen molar-refractivity contribution in [3.8, 4) is 0 Å². The molecule has 1 aromatic carbocycles. The fourth-order valence-corrected chi connectivity index (χ4v) is 3.66. The minimum Gasteiger partial charge on any atom is -0.372 e. The molecule has 122 valence electrons. The lowest BCUT2D eigenvalue weighted by Gasteiger charge is -2.34. The number of piperidine rings is 1. The van der Waals surface area contributed by atoms with Gasteiger partial charge >= 0.3 is 0 Å². The smallest absolute Gasteiger partial charge is 0.176 e. The lowest BCUT2D eigenvalue weighted by atomic mass is 9.91. The summed E-state index contributed by atoms with van der Waals surface area (Å²) in [5.41, 5.74) is 2.03. The molecule has 0 radical (unpaired) electrons. The molecule has 3 heteroatoms. The highest BCUT2D eigenvalue weighted by atomic mass is 16.1. The van der Waals surface area contributed by atoms with Gasteiger partial charge in [-0.15, -0.1) is 0 Å². The first-order valence-corrected chi connectivity index (χ1v) is 8.64. The molecule has 0 N–H and O–H groups in total. The molecule has 0 aliphatic carbocycles. The van der Waals surface area contributed by atoms with Gasteiger partial charge in [0.05, 0.1) is 6.54 Å². The van der Waals surface area contributed by atoms with E-state index in [0.29, 0.717) is 18.4 Å². The van der Waals surface area contributed by atoms with E-state index in [9.17, 15) is 4.79 Å². The Kier molecular flexibility index (Phi) is 6.01. The van der Waals surface area contributed by atoms with Crippen molar-refractivity contribution >= 4 is 11.5 Å². The third-order valence-corrected chi connectivity index (χ3v) is 4.63. The Balaban J connectivity index is 1.98. The zero-order valence-electron chi connectivity index (χ0n) is 14.5. The molecule has 2 rings (SSSR count). The number of Topliss-reactive ketones (excluding diaryl/α,β-unsaturated/α-hetero) is 1. The molecule has 0 bridgehead atoms. The van der Waals surface area contributed by atoms with Gasteiger partial charge in [0.2, 0.25) is 0 Å². The normalized spacial score (nSPS) is 22.5. The molecule has 0 aromatic heterocycles. The first kappa shape index (κ1) is 17.0. The van der Waals surface area contributed by atoms with E-state index >= 15 is 0 Å². The van der Waals surface area contributed by atoms with Crippen LogP contribution in [-0.2, 0) is 0 Å².